The highest BCUT2D eigenvalue weighted by Gasteiger charge is 2.47. The molecule has 2 N–H and O–H groups in total. The lowest BCUT2D eigenvalue weighted by Crippen LogP contribution is -2.29. The predicted molar refractivity (Wildman–Crippen MR) is 105 cm³/mol. The summed E-state index contributed by atoms with van der Waals surface area (Å²) in [4.78, 5) is 26.8. The molecule has 1 aliphatic carbocycles. The molecule has 1 saturated heterocycles. The van der Waals surface area contributed by atoms with Gasteiger partial charge in [0.15, 0.2) is 0 Å². The number of hydrogen-bond acceptors (Lipinski definition) is 3. The third-order valence-electron chi connectivity index (χ3n) is 5.34. The topological polar surface area (TPSA) is 61.4 Å². The van der Waals surface area contributed by atoms with Gasteiger partial charge in [-0.05, 0) is 62.3 Å². The van der Waals surface area contributed by atoms with E-state index in [0.29, 0.717) is 18.9 Å². The predicted octanol–water partition coefficient (Wildman–Crippen LogP) is 3.41. The molecule has 1 aromatic rings. The summed E-state index contributed by atoms with van der Waals surface area (Å²) in [6, 6.07) is 8.07. The Balaban J connectivity index is 1.44. The molecule has 2 unspecified atom stereocenters. The van der Waals surface area contributed by atoms with Crippen LogP contribution in [0.1, 0.15) is 46.0 Å². The van der Waals surface area contributed by atoms with E-state index in [-0.39, 0.29) is 23.7 Å². The first-order valence-corrected chi connectivity index (χ1v) is 9.98. The Kier molecular flexibility index (Phi) is 6.17. The number of anilines is 2. The van der Waals surface area contributed by atoms with Gasteiger partial charge in [-0.3, -0.25) is 9.59 Å². The number of hydrogen-bond donors (Lipinski definition) is 2. The second-order valence-electron chi connectivity index (χ2n) is 8.01. The van der Waals surface area contributed by atoms with Gasteiger partial charge in [-0.15, -0.1) is 0 Å². The molecule has 5 heteroatoms. The van der Waals surface area contributed by atoms with E-state index in [1.54, 1.807) is 0 Å². The first kappa shape index (κ1) is 18.7. The van der Waals surface area contributed by atoms with Crippen LogP contribution in [0, 0.1) is 17.8 Å². The van der Waals surface area contributed by atoms with Gasteiger partial charge in [-0.2, -0.15) is 0 Å². The smallest absolute Gasteiger partial charge is 0.228 e. The van der Waals surface area contributed by atoms with Crippen molar-refractivity contribution < 1.29 is 9.59 Å². The van der Waals surface area contributed by atoms with E-state index in [9.17, 15) is 9.59 Å². The van der Waals surface area contributed by atoms with Crippen LogP contribution in [-0.4, -0.2) is 31.4 Å². The molecule has 1 aromatic carbocycles. The number of rotatable bonds is 7. The summed E-state index contributed by atoms with van der Waals surface area (Å²) in [6.07, 6.45) is 5.45. The number of nitrogens with zero attached hydrogens (tertiary/aromatic N) is 1. The van der Waals surface area contributed by atoms with Crippen molar-refractivity contribution in [3.8, 4) is 0 Å². The Morgan fingerprint density at radius 2 is 1.69 bits per heavy atom. The fourth-order valence-corrected chi connectivity index (χ4v) is 3.53. The van der Waals surface area contributed by atoms with Crippen LogP contribution in [-0.2, 0) is 9.59 Å². The van der Waals surface area contributed by atoms with Gasteiger partial charge in [0, 0.05) is 31.0 Å². The minimum Gasteiger partial charge on any atom is -0.372 e. The fourth-order valence-electron chi connectivity index (χ4n) is 3.53. The maximum atomic E-state index is 12.4. The van der Waals surface area contributed by atoms with Crippen LogP contribution in [0.2, 0.25) is 0 Å². The molecule has 2 atom stereocenters. The van der Waals surface area contributed by atoms with E-state index in [1.807, 2.05) is 12.1 Å². The van der Waals surface area contributed by atoms with Gasteiger partial charge in [-0.25, -0.2) is 0 Å². The second kappa shape index (κ2) is 8.56. The van der Waals surface area contributed by atoms with Gasteiger partial charge >= 0.3 is 0 Å². The highest BCUT2D eigenvalue weighted by atomic mass is 16.2. The molecule has 5 nitrogen and oxygen atoms in total. The monoisotopic (exact) mass is 357 g/mol. The van der Waals surface area contributed by atoms with E-state index in [4.69, 9.17) is 0 Å². The van der Waals surface area contributed by atoms with Crippen molar-refractivity contribution in [3.05, 3.63) is 24.3 Å². The molecule has 3 rings (SSSR count). The summed E-state index contributed by atoms with van der Waals surface area (Å²) in [7, 11) is 0. The Hall–Kier alpha value is -2.04. The van der Waals surface area contributed by atoms with Gasteiger partial charge in [0.25, 0.3) is 0 Å². The molecule has 2 fully saturated rings. The average molecular weight is 357 g/mol. The van der Waals surface area contributed by atoms with E-state index in [0.717, 1.165) is 25.2 Å². The van der Waals surface area contributed by atoms with E-state index in [1.165, 1.54) is 24.9 Å². The SMILES string of the molecule is CC(C)CCNC(=O)C1CC1C(=O)Nc1ccc(N2CCCCC2)cc1. The lowest BCUT2D eigenvalue weighted by atomic mass is 10.1. The Bertz CT molecular complexity index is 621. The van der Waals surface area contributed by atoms with Crippen LogP contribution < -0.4 is 15.5 Å². The van der Waals surface area contributed by atoms with Crippen molar-refractivity contribution in [1.82, 2.24) is 5.32 Å². The van der Waals surface area contributed by atoms with Gasteiger partial charge < -0.3 is 15.5 Å². The Morgan fingerprint density at radius 3 is 2.35 bits per heavy atom. The molecular weight excluding hydrogens is 326 g/mol. The average Bonchev–Trinajstić information content (AvgIpc) is 3.44. The van der Waals surface area contributed by atoms with Crippen molar-refractivity contribution in [2.45, 2.75) is 46.0 Å². The number of nitrogens with one attached hydrogen (secondary N) is 2. The zero-order valence-corrected chi connectivity index (χ0v) is 16.0. The molecule has 142 valence electrons. The molecule has 0 spiro atoms. The van der Waals surface area contributed by atoms with Gasteiger partial charge in [-0.1, -0.05) is 13.8 Å². The Morgan fingerprint density at radius 1 is 1.04 bits per heavy atom. The van der Waals surface area contributed by atoms with Crippen LogP contribution in [0.3, 0.4) is 0 Å². The van der Waals surface area contributed by atoms with Gasteiger partial charge in [0.05, 0.1) is 11.8 Å². The van der Waals surface area contributed by atoms with Crippen LogP contribution in [0.25, 0.3) is 0 Å². The van der Waals surface area contributed by atoms with E-state index >= 15 is 0 Å². The largest absolute Gasteiger partial charge is 0.372 e. The Labute approximate surface area is 156 Å². The van der Waals surface area contributed by atoms with Crippen LogP contribution in [0.5, 0.6) is 0 Å². The number of piperidine rings is 1. The fraction of sp³-hybridized carbons (Fsp3) is 0.619. The van der Waals surface area contributed by atoms with E-state index in [2.05, 4.69) is 41.5 Å². The minimum atomic E-state index is -0.184. The van der Waals surface area contributed by atoms with Crippen molar-refractivity contribution >= 4 is 23.2 Å². The van der Waals surface area contributed by atoms with Crippen molar-refractivity contribution in [2.75, 3.05) is 29.9 Å². The molecule has 0 radical (unpaired) electrons. The summed E-state index contributed by atoms with van der Waals surface area (Å²) in [5.41, 5.74) is 2.03. The maximum Gasteiger partial charge on any atom is 0.228 e. The number of carbonyl (C=O) groups excluding carboxylic acids is 2. The highest BCUT2D eigenvalue weighted by Crippen LogP contribution is 2.39. The second-order valence-corrected chi connectivity index (χ2v) is 8.01. The lowest BCUT2D eigenvalue weighted by molar-refractivity contribution is -0.125. The normalized spacial score (nSPS) is 22.2. The standard InChI is InChI=1S/C21H31N3O2/c1-15(2)10-11-22-20(25)18-14-19(18)21(26)23-16-6-8-17(9-7-16)24-12-4-3-5-13-24/h6-9,15,18-19H,3-5,10-14H2,1-2H3,(H,22,25)(H,23,26). The maximum absolute atomic E-state index is 12.4. The summed E-state index contributed by atoms with van der Waals surface area (Å²) >= 11 is 0. The van der Waals surface area contributed by atoms with Crippen LogP contribution >= 0.6 is 0 Å². The van der Waals surface area contributed by atoms with Gasteiger partial charge in [0.2, 0.25) is 11.8 Å². The molecule has 0 aromatic heterocycles. The summed E-state index contributed by atoms with van der Waals surface area (Å²) in [5, 5.41) is 5.90. The van der Waals surface area contributed by atoms with E-state index < -0.39 is 0 Å². The molecule has 26 heavy (non-hydrogen) atoms. The van der Waals surface area contributed by atoms with Gasteiger partial charge in [0.1, 0.15) is 0 Å². The summed E-state index contributed by atoms with van der Waals surface area (Å²) in [5.74, 6) is 0.207. The molecule has 1 saturated carbocycles. The minimum absolute atomic E-state index is 0.0197. The number of benzene rings is 1. The van der Waals surface area contributed by atoms with Crippen molar-refractivity contribution in [2.24, 2.45) is 17.8 Å². The number of carbonyl (C=O) groups is 2. The molecule has 1 heterocycles. The number of amides is 2. The zero-order valence-electron chi connectivity index (χ0n) is 16.0. The van der Waals surface area contributed by atoms with Crippen molar-refractivity contribution in [1.29, 1.82) is 0 Å². The third-order valence-corrected chi connectivity index (χ3v) is 5.34. The lowest BCUT2D eigenvalue weighted by Gasteiger charge is -2.28. The first-order valence-electron chi connectivity index (χ1n) is 9.98. The molecule has 2 aliphatic rings. The summed E-state index contributed by atoms with van der Waals surface area (Å²) < 4.78 is 0. The molecule has 2 amide bonds. The van der Waals surface area contributed by atoms with Crippen LogP contribution in [0.15, 0.2) is 24.3 Å². The van der Waals surface area contributed by atoms with Crippen LogP contribution in [0.4, 0.5) is 11.4 Å². The van der Waals surface area contributed by atoms with Crippen molar-refractivity contribution in [3.63, 3.8) is 0 Å². The highest BCUT2D eigenvalue weighted by molar-refractivity contribution is 5.99. The summed E-state index contributed by atoms with van der Waals surface area (Å²) in [6.45, 7) is 7.19. The quantitative estimate of drug-likeness (QED) is 0.786. The zero-order chi connectivity index (χ0) is 18.5. The third kappa shape index (κ3) is 4.99. The first-order chi connectivity index (χ1) is 12.5. The molecule has 0 bridgehead atoms. The molecular formula is C21H31N3O2. The molecule has 1 aliphatic heterocycles.